The van der Waals surface area contributed by atoms with E-state index in [0.29, 0.717) is 0 Å². The maximum atomic E-state index is 11.8. The van der Waals surface area contributed by atoms with Crippen LogP contribution in [-0.2, 0) is 0 Å². The summed E-state index contributed by atoms with van der Waals surface area (Å²) in [6.07, 6.45) is 28.2. The van der Waals surface area contributed by atoms with Crippen LogP contribution in [0.4, 0.5) is 0 Å². The van der Waals surface area contributed by atoms with Gasteiger partial charge in [-0.3, -0.25) is 0 Å². The lowest BCUT2D eigenvalue weighted by atomic mass is 9.99. The summed E-state index contributed by atoms with van der Waals surface area (Å²) < 4.78 is 0. The molecular formula is C25H52NO-. The summed E-state index contributed by atoms with van der Waals surface area (Å²) in [6, 6.07) is 0.267. The summed E-state index contributed by atoms with van der Waals surface area (Å²) in [4.78, 5) is 0. The van der Waals surface area contributed by atoms with Crippen LogP contribution in [0.2, 0.25) is 0 Å². The highest BCUT2D eigenvalue weighted by Gasteiger charge is 2.07. The van der Waals surface area contributed by atoms with Gasteiger partial charge in [-0.2, -0.15) is 0 Å². The highest BCUT2D eigenvalue weighted by molar-refractivity contribution is 4.69. The maximum Gasteiger partial charge on any atom is -0.00282 e. The first-order chi connectivity index (χ1) is 13.2. The van der Waals surface area contributed by atoms with Crippen LogP contribution in [0, 0.1) is 5.21 Å². The first-order valence-electron chi connectivity index (χ1n) is 12.6. The molecule has 27 heavy (non-hydrogen) atoms. The van der Waals surface area contributed by atoms with Crippen molar-refractivity contribution in [1.82, 2.24) is 5.06 Å². The Labute approximate surface area is 172 Å². The first-order valence-corrected chi connectivity index (χ1v) is 12.6. The van der Waals surface area contributed by atoms with Crippen LogP contribution in [0.5, 0.6) is 0 Å². The molecule has 2 nitrogen and oxygen atoms in total. The van der Waals surface area contributed by atoms with Crippen LogP contribution in [0.1, 0.15) is 149 Å². The molecule has 2 heteroatoms. The second kappa shape index (κ2) is 22.2. The summed E-state index contributed by atoms with van der Waals surface area (Å²) in [5.74, 6) is 0. The van der Waals surface area contributed by atoms with Crippen LogP contribution in [0.3, 0.4) is 0 Å². The molecule has 0 saturated carbocycles. The summed E-state index contributed by atoms with van der Waals surface area (Å²) in [7, 11) is 1.73. The normalized spacial score (nSPS) is 12.8. The SMILES string of the molecule is CCCCCCCCCCCCC(CCCCCCCCCCC)N(C)[O-]. The van der Waals surface area contributed by atoms with Crippen molar-refractivity contribution in [2.24, 2.45) is 0 Å². The zero-order chi connectivity index (χ0) is 20.0. The van der Waals surface area contributed by atoms with Crippen molar-refractivity contribution in [2.45, 2.75) is 155 Å². The molecule has 0 aliphatic rings. The third kappa shape index (κ3) is 20.5. The first kappa shape index (κ1) is 26.9. The molecule has 0 radical (unpaired) electrons. The van der Waals surface area contributed by atoms with Gasteiger partial charge in [-0.05, 0) is 25.9 Å². The van der Waals surface area contributed by atoms with Crippen molar-refractivity contribution in [1.29, 1.82) is 0 Å². The van der Waals surface area contributed by atoms with E-state index in [4.69, 9.17) is 0 Å². The summed E-state index contributed by atoms with van der Waals surface area (Å²) in [5.41, 5.74) is 0. The Bertz CT molecular complexity index is 267. The van der Waals surface area contributed by atoms with Gasteiger partial charge in [0.05, 0.1) is 0 Å². The third-order valence-corrected chi connectivity index (χ3v) is 6.05. The topological polar surface area (TPSA) is 26.3 Å². The lowest BCUT2D eigenvalue weighted by Crippen LogP contribution is -2.26. The Kier molecular flexibility index (Phi) is 22.1. The molecule has 0 amide bonds. The van der Waals surface area contributed by atoms with Crippen molar-refractivity contribution < 1.29 is 0 Å². The number of rotatable bonds is 22. The number of hydroxylamine groups is 2. The fraction of sp³-hybridized carbons (Fsp3) is 1.00. The second-order valence-corrected chi connectivity index (χ2v) is 8.79. The fourth-order valence-corrected chi connectivity index (χ4v) is 4.07. The molecule has 0 heterocycles. The molecule has 0 fully saturated rings. The van der Waals surface area contributed by atoms with E-state index in [2.05, 4.69) is 13.8 Å². The lowest BCUT2D eigenvalue weighted by molar-refractivity contribution is 0.280. The molecule has 0 rings (SSSR count). The monoisotopic (exact) mass is 382 g/mol. The maximum absolute atomic E-state index is 11.8. The molecule has 0 spiro atoms. The molecule has 0 bridgehead atoms. The van der Waals surface area contributed by atoms with E-state index in [9.17, 15) is 5.21 Å². The van der Waals surface area contributed by atoms with E-state index < -0.39 is 0 Å². The van der Waals surface area contributed by atoms with E-state index >= 15 is 0 Å². The van der Waals surface area contributed by atoms with Crippen LogP contribution in [0.15, 0.2) is 0 Å². The van der Waals surface area contributed by atoms with Gasteiger partial charge >= 0.3 is 0 Å². The second-order valence-electron chi connectivity index (χ2n) is 8.79. The van der Waals surface area contributed by atoms with Crippen LogP contribution in [0.25, 0.3) is 0 Å². The van der Waals surface area contributed by atoms with Gasteiger partial charge in [0.25, 0.3) is 0 Å². The van der Waals surface area contributed by atoms with E-state index in [0.717, 1.165) is 12.8 Å². The van der Waals surface area contributed by atoms with Crippen molar-refractivity contribution in [3.05, 3.63) is 5.21 Å². The molecule has 0 aromatic carbocycles. The smallest absolute Gasteiger partial charge is 0.00282 e. The highest BCUT2D eigenvalue weighted by atomic mass is 16.5. The number of hydrogen-bond donors (Lipinski definition) is 0. The average molecular weight is 383 g/mol. The zero-order valence-electron chi connectivity index (χ0n) is 19.3. The van der Waals surface area contributed by atoms with Crippen molar-refractivity contribution in [2.75, 3.05) is 7.05 Å². The fourth-order valence-electron chi connectivity index (χ4n) is 4.07. The van der Waals surface area contributed by atoms with Gasteiger partial charge in [-0.25, -0.2) is 0 Å². The number of unbranched alkanes of at least 4 members (excludes halogenated alkanes) is 17. The molecule has 0 saturated heterocycles. The summed E-state index contributed by atoms with van der Waals surface area (Å²) in [6.45, 7) is 4.56. The molecule has 1 unspecified atom stereocenters. The minimum atomic E-state index is 0.267. The molecule has 0 aliphatic heterocycles. The van der Waals surface area contributed by atoms with E-state index in [1.165, 1.54) is 127 Å². The molecular weight excluding hydrogens is 330 g/mol. The van der Waals surface area contributed by atoms with Gasteiger partial charge in [0.15, 0.2) is 0 Å². The van der Waals surface area contributed by atoms with Crippen LogP contribution < -0.4 is 0 Å². The number of nitrogens with zero attached hydrogens (tertiary/aromatic N) is 1. The van der Waals surface area contributed by atoms with Gasteiger partial charge in [0.2, 0.25) is 0 Å². The standard InChI is InChI=1S/C25H52NO/c1-4-6-8-10-12-14-16-18-20-22-24-25(26(3)27)23-21-19-17-15-13-11-9-7-5-2/h25H,4-24H2,1-3H3/q-1. The Hall–Kier alpha value is -0.0800. The average Bonchev–Trinajstić information content (AvgIpc) is 2.66. The van der Waals surface area contributed by atoms with E-state index in [1.807, 2.05) is 0 Å². The zero-order valence-corrected chi connectivity index (χ0v) is 19.3. The van der Waals surface area contributed by atoms with Gasteiger partial charge in [0.1, 0.15) is 0 Å². The molecule has 164 valence electrons. The van der Waals surface area contributed by atoms with Gasteiger partial charge in [0, 0.05) is 0 Å². The quantitative estimate of drug-likeness (QED) is 0.138. The Balaban J connectivity index is 3.44. The summed E-state index contributed by atoms with van der Waals surface area (Å²) in [5, 5.41) is 13.1. The van der Waals surface area contributed by atoms with E-state index in [1.54, 1.807) is 7.05 Å². The summed E-state index contributed by atoms with van der Waals surface area (Å²) >= 11 is 0. The lowest BCUT2D eigenvalue weighted by Gasteiger charge is -2.33. The Morgan fingerprint density at radius 3 is 1.00 bits per heavy atom. The Morgan fingerprint density at radius 1 is 0.481 bits per heavy atom. The van der Waals surface area contributed by atoms with Crippen molar-refractivity contribution >= 4 is 0 Å². The van der Waals surface area contributed by atoms with Crippen LogP contribution in [-0.4, -0.2) is 18.2 Å². The predicted molar refractivity (Wildman–Crippen MR) is 123 cm³/mol. The molecule has 1 atom stereocenters. The van der Waals surface area contributed by atoms with E-state index in [-0.39, 0.29) is 6.04 Å². The third-order valence-electron chi connectivity index (χ3n) is 6.05. The van der Waals surface area contributed by atoms with Gasteiger partial charge in [-0.1, -0.05) is 136 Å². The van der Waals surface area contributed by atoms with Crippen LogP contribution >= 0.6 is 0 Å². The minimum Gasteiger partial charge on any atom is -0.785 e. The van der Waals surface area contributed by atoms with Gasteiger partial charge in [-0.15, -0.1) is 0 Å². The minimum absolute atomic E-state index is 0.267. The van der Waals surface area contributed by atoms with Crippen molar-refractivity contribution in [3.63, 3.8) is 0 Å². The highest BCUT2D eigenvalue weighted by Crippen LogP contribution is 2.18. The largest absolute Gasteiger partial charge is 0.785 e. The number of hydrogen-bond acceptors (Lipinski definition) is 2. The Morgan fingerprint density at radius 2 is 0.741 bits per heavy atom. The van der Waals surface area contributed by atoms with Gasteiger partial charge < -0.3 is 10.3 Å². The molecule has 0 aromatic rings. The molecule has 0 N–H and O–H groups in total. The van der Waals surface area contributed by atoms with Crippen molar-refractivity contribution in [3.8, 4) is 0 Å². The molecule has 0 aliphatic carbocycles. The predicted octanol–water partition coefficient (Wildman–Crippen LogP) is 9.02. The molecule has 0 aromatic heterocycles.